The van der Waals surface area contributed by atoms with E-state index in [0.717, 1.165) is 5.75 Å². The van der Waals surface area contributed by atoms with E-state index < -0.39 is 18.3 Å². The first-order valence-electron chi connectivity index (χ1n) is 5.39. The van der Waals surface area contributed by atoms with Crippen molar-refractivity contribution in [3.05, 3.63) is 29.3 Å². The second kappa shape index (κ2) is 4.71. The normalized spacial score (nSPS) is 11.3. The molecule has 0 saturated heterocycles. The van der Waals surface area contributed by atoms with Crippen LogP contribution in [0.5, 0.6) is 5.75 Å². The summed E-state index contributed by atoms with van der Waals surface area (Å²) in [6.07, 6.45) is 0. The summed E-state index contributed by atoms with van der Waals surface area (Å²) in [5.74, 6) is 1.06. The molecule has 1 aromatic carbocycles. The van der Waals surface area contributed by atoms with Gasteiger partial charge >= 0.3 is 100 Å². The van der Waals surface area contributed by atoms with Crippen LogP contribution in [0.3, 0.4) is 0 Å². The van der Waals surface area contributed by atoms with Crippen LogP contribution in [0.15, 0.2) is 18.2 Å². The van der Waals surface area contributed by atoms with Crippen molar-refractivity contribution in [1.82, 2.24) is 0 Å². The van der Waals surface area contributed by atoms with Gasteiger partial charge in [0, 0.05) is 0 Å². The molecule has 0 amide bonds. The van der Waals surface area contributed by atoms with Gasteiger partial charge in [0.2, 0.25) is 0 Å². The van der Waals surface area contributed by atoms with Gasteiger partial charge in [-0.2, -0.15) is 0 Å². The maximum absolute atomic E-state index is 5.90. The summed E-state index contributed by atoms with van der Waals surface area (Å²) < 4.78 is 5.90. The van der Waals surface area contributed by atoms with E-state index in [1.54, 1.807) is 0 Å². The third-order valence-electron chi connectivity index (χ3n) is 2.24. The Hall–Kier alpha value is -0.266. The molecular weight excluding hydrogens is 220 g/mol. The summed E-state index contributed by atoms with van der Waals surface area (Å²) in [7, 11) is 0. The third kappa shape index (κ3) is 4.00. The van der Waals surface area contributed by atoms with Crippen molar-refractivity contribution in [3.8, 4) is 5.75 Å². The average molecular weight is 241 g/mol. The second-order valence-corrected chi connectivity index (χ2v) is 8.45. The predicted molar refractivity (Wildman–Crippen MR) is 62.2 cm³/mol. The van der Waals surface area contributed by atoms with E-state index in [-0.39, 0.29) is 5.41 Å². The molecule has 1 aromatic rings. The quantitative estimate of drug-likeness (QED) is 0.701. The summed E-state index contributed by atoms with van der Waals surface area (Å²) in [6.45, 7) is 8.84. The minimum absolute atomic E-state index is 0.200. The Balaban J connectivity index is 3.06. The molecule has 1 rings (SSSR count). The summed E-state index contributed by atoms with van der Waals surface area (Å²) in [6, 6.07) is 6.57. The molecule has 2 heteroatoms. The monoisotopic (exact) mass is 241 g/mol. The van der Waals surface area contributed by atoms with Crippen LogP contribution in [0.4, 0.5) is 0 Å². The Bertz CT molecular complexity index is 337. The molecule has 0 radical (unpaired) electrons. The van der Waals surface area contributed by atoms with Gasteiger partial charge in [-0.3, -0.25) is 0 Å². The van der Waals surface area contributed by atoms with Gasteiger partial charge in [0.15, 0.2) is 0 Å². The molecule has 0 aliphatic rings. The standard InChI is InChI=1S/C11H16O.2CH3.Ti/c1-8-5-9(11(2,3)4)7-10(12)6-8;;;/h5-7,12H,1-4H3;2*1H3;/q;;;+1/p-1. The van der Waals surface area contributed by atoms with E-state index in [2.05, 4.69) is 56.4 Å². The van der Waals surface area contributed by atoms with Gasteiger partial charge in [-0.05, 0) is 0 Å². The molecular formula is C13H21OTi. The summed E-state index contributed by atoms with van der Waals surface area (Å²) >= 11 is -1.24. The molecule has 0 aliphatic carbocycles. The van der Waals surface area contributed by atoms with Gasteiger partial charge in [-0.15, -0.1) is 0 Å². The molecule has 0 saturated carbocycles. The summed E-state index contributed by atoms with van der Waals surface area (Å²) in [4.78, 5) is 0. The number of aryl methyl sites for hydroxylation is 1. The minimum atomic E-state index is -1.24. The molecule has 0 heterocycles. The molecule has 1 nitrogen and oxygen atoms in total. The molecule has 0 unspecified atom stereocenters. The zero-order valence-corrected chi connectivity index (χ0v) is 12.2. The zero-order valence-electron chi connectivity index (χ0n) is 10.6. The number of rotatable bonds is 2. The first-order chi connectivity index (χ1) is 6.79. The van der Waals surface area contributed by atoms with E-state index in [9.17, 15) is 0 Å². The molecule has 0 bridgehead atoms. The fourth-order valence-electron chi connectivity index (χ4n) is 1.48. The molecule has 83 valence electrons. The van der Waals surface area contributed by atoms with E-state index in [4.69, 9.17) is 3.32 Å². The Labute approximate surface area is 100 Å². The topological polar surface area (TPSA) is 9.23 Å². The molecule has 0 aromatic heterocycles. The van der Waals surface area contributed by atoms with Crippen LogP contribution in [0.25, 0.3) is 0 Å². The molecule has 0 aliphatic heterocycles. The van der Waals surface area contributed by atoms with Crippen LogP contribution in [0, 0.1) is 6.92 Å². The van der Waals surface area contributed by atoms with Gasteiger partial charge in [0.1, 0.15) is 0 Å². The van der Waals surface area contributed by atoms with Crippen molar-refractivity contribution >= 4 is 0 Å². The van der Waals surface area contributed by atoms with Crippen molar-refractivity contribution in [2.45, 2.75) is 43.6 Å². The van der Waals surface area contributed by atoms with Crippen LogP contribution >= 0.6 is 0 Å². The van der Waals surface area contributed by atoms with Crippen LogP contribution in [-0.2, 0) is 23.7 Å². The van der Waals surface area contributed by atoms with Gasteiger partial charge in [-0.1, -0.05) is 0 Å². The number of hydrogen-bond donors (Lipinski definition) is 0. The van der Waals surface area contributed by atoms with Gasteiger partial charge in [0.25, 0.3) is 0 Å². The van der Waals surface area contributed by atoms with Crippen LogP contribution in [0.1, 0.15) is 31.9 Å². The molecule has 15 heavy (non-hydrogen) atoms. The second-order valence-electron chi connectivity index (χ2n) is 5.30. The van der Waals surface area contributed by atoms with Crippen molar-refractivity contribution < 1.29 is 21.6 Å². The number of benzene rings is 1. The summed E-state index contributed by atoms with van der Waals surface area (Å²) in [5.41, 5.74) is 2.85. The van der Waals surface area contributed by atoms with Crippen molar-refractivity contribution in [3.63, 3.8) is 0 Å². The average Bonchev–Trinajstić information content (AvgIpc) is 1.99. The Kier molecular flexibility index (Phi) is 4.02. The Morgan fingerprint density at radius 1 is 1.07 bits per heavy atom. The van der Waals surface area contributed by atoms with Gasteiger partial charge < -0.3 is 0 Å². The molecule has 0 spiro atoms. The predicted octanol–water partition coefficient (Wildman–Crippen LogP) is 4.30. The van der Waals surface area contributed by atoms with E-state index in [1.807, 2.05) is 0 Å². The van der Waals surface area contributed by atoms with Crippen LogP contribution in [-0.4, -0.2) is 0 Å². The molecule has 0 atom stereocenters. The number of hydrogen-bond acceptors (Lipinski definition) is 1. The molecule has 0 fully saturated rings. The van der Waals surface area contributed by atoms with Crippen molar-refractivity contribution in [2.24, 2.45) is 0 Å². The third-order valence-corrected chi connectivity index (χ3v) is 3.24. The van der Waals surface area contributed by atoms with E-state index >= 15 is 0 Å². The fourth-order valence-corrected chi connectivity index (χ4v) is 2.40. The Morgan fingerprint density at radius 3 is 2.13 bits per heavy atom. The van der Waals surface area contributed by atoms with E-state index in [0.29, 0.717) is 0 Å². The zero-order chi connectivity index (χ0) is 11.6. The fraction of sp³-hybridized carbons (Fsp3) is 0.538. The van der Waals surface area contributed by atoms with Crippen molar-refractivity contribution in [1.29, 1.82) is 0 Å². The SMILES string of the molecule is Cc1cc([O][Ti]([CH3])[CH3])cc(C(C)(C)C)c1. The molecule has 0 N–H and O–H groups in total. The van der Waals surface area contributed by atoms with Gasteiger partial charge in [-0.25, -0.2) is 0 Å². The first kappa shape index (κ1) is 12.8. The summed E-state index contributed by atoms with van der Waals surface area (Å²) in [5, 5.41) is 4.44. The van der Waals surface area contributed by atoms with Crippen LogP contribution in [0.2, 0.25) is 10.5 Å². The van der Waals surface area contributed by atoms with Gasteiger partial charge in [0.05, 0.1) is 0 Å². The van der Waals surface area contributed by atoms with E-state index in [1.165, 1.54) is 11.1 Å². The Morgan fingerprint density at radius 2 is 1.67 bits per heavy atom. The maximum atomic E-state index is 5.90. The van der Waals surface area contributed by atoms with Crippen molar-refractivity contribution in [2.75, 3.05) is 0 Å². The first-order valence-corrected chi connectivity index (χ1v) is 9.15. The van der Waals surface area contributed by atoms with Crippen LogP contribution < -0.4 is 3.32 Å².